The number of hydrogen-bond acceptors (Lipinski definition) is 2. The second-order valence-corrected chi connectivity index (χ2v) is 7.79. The minimum absolute atomic E-state index is 0. The number of rotatable bonds is 2. The number of aromatic hydroxyl groups is 2. The van der Waals surface area contributed by atoms with Gasteiger partial charge in [-0.05, 0) is 0 Å². The van der Waals surface area contributed by atoms with E-state index in [9.17, 15) is 10.2 Å². The van der Waals surface area contributed by atoms with Crippen LogP contribution in [0.3, 0.4) is 0 Å². The van der Waals surface area contributed by atoms with Crippen molar-refractivity contribution in [3.63, 3.8) is 0 Å². The Labute approximate surface area is 177 Å². The smallest absolute Gasteiger partial charge is 1.00 e. The summed E-state index contributed by atoms with van der Waals surface area (Å²) in [6, 6.07) is 15.8. The maximum absolute atomic E-state index is 10.1. The molecule has 1 aliphatic heterocycles. The largest absolute Gasteiger partial charge is 1.00 e. The number of fused-ring (bicyclic) bond motifs is 1. The molecule has 1 aliphatic carbocycles. The third-order valence-corrected chi connectivity index (χ3v) is 6.28. The minimum Gasteiger partial charge on any atom is -1.00 e. The molecule has 2 aromatic carbocycles. The summed E-state index contributed by atoms with van der Waals surface area (Å²) in [7, 11) is 0. The number of phenolic OH excluding ortho intramolecular Hbond substituents is 2. The summed E-state index contributed by atoms with van der Waals surface area (Å²) >= 11 is 1.11. The Balaban J connectivity index is 0.00000196. The number of hydrogen-bond donors (Lipinski definition) is 2. The molecule has 0 aromatic heterocycles. The molecule has 2 fully saturated rings. The van der Waals surface area contributed by atoms with Crippen LogP contribution in [0.1, 0.15) is 36.8 Å². The minimum atomic E-state index is 0. The molecule has 139 valence electrons. The van der Waals surface area contributed by atoms with Crippen molar-refractivity contribution in [1.82, 2.24) is 0 Å². The number of benzene rings is 2. The van der Waals surface area contributed by atoms with Crippen molar-refractivity contribution in [3.8, 4) is 11.5 Å². The second-order valence-electron chi connectivity index (χ2n) is 6.50. The quantitative estimate of drug-likeness (QED) is 0.558. The normalized spacial score (nSPS) is 25.4. The van der Waals surface area contributed by atoms with E-state index < -0.39 is 0 Å². The summed E-state index contributed by atoms with van der Waals surface area (Å²) in [4.78, 5) is 0. The zero-order chi connectivity index (χ0) is 17.2. The average Bonchev–Trinajstić information content (AvgIpc) is 2.97. The van der Waals surface area contributed by atoms with Crippen LogP contribution in [0.5, 0.6) is 11.5 Å². The van der Waals surface area contributed by atoms with Crippen LogP contribution in [0, 0.1) is 0 Å². The number of para-hydroxylation sites is 2. The molecule has 2 N–H and O–H groups in total. The summed E-state index contributed by atoms with van der Waals surface area (Å²) in [6.07, 6.45) is 8.93. The monoisotopic (exact) mass is 508 g/mol. The zero-order valence-corrected chi connectivity index (χ0v) is 17.5. The fraction of sp³-hybridized carbons (Fsp3) is 0.300. The SMILES string of the molecule is Oc1ccccc1C=[N+]1[Co][N+](=Cc2ccccc2O)[C@@H]2CCCC[C@H]21.[I-]. The Morgan fingerprint density at radius 3 is 1.62 bits per heavy atom. The van der Waals surface area contributed by atoms with Gasteiger partial charge in [0.1, 0.15) is 0 Å². The van der Waals surface area contributed by atoms with E-state index in [-0.39, 0.29) is 24.0 Å². The van der Waals surface area contributed by atoms with Crippen molar-refractivity contribution in [2.75, 3.05) is 0 Å². The van der Waals surface area contributed by atoms with Crippen molar-refractivity contribution >= 4 is 12.4 Å². The Morgan fingerprint density at radius 1 is 0.769 bits per heavy atom. The van der Waals surface area contributed by atoms with Crippen molar-refractivity contribution in [2.45, 2.75) is 37.8 Å². The Bertz CT molecular complexity index is 784. The molecular weight excluding hydrogens is 486 g/mol. The molecule has 1 saturated carbocycles. The first-order valence-electron chi connectivity index (χ1n) is 8.66. The maximum Gasteiger partial charge on any atom is -1.00 e. The molecular formula is C20H22CoIN2O2+. The van der Waals surface area contributed by atoms with Gasteiger partial charge in [-0.1, -0.05) is 0 Å². The molecule has 0 unspecified atom stereocenters. The van der Waals surface area contributed by atoms with Gasteiger partial charge in [-0.25, -0.2) is 0 Å². The first-order valence-corrected chi connectivity index (χ1v) is 9.59. The molecule has 2 aromatic rings. The summed E-state index contributed by atoms with van der Waals surface area (Å²) in [6.45, 7) is 0. The van der Waals surface area contributed by atoms with Gasteiger partial charge in [0, 0.05) is 0 Å². The molecule has 0 spiro atoms. The van der Waals surface area contributed by atoms with E-state index in [4.69, 9.17) is 0 Å². The van der Waals surface area contributed by atoms with Gasteiger partial charge in [-0.3, -0.25) is 0 Å². The molecule has 1 heterocycles. The van der Waals surface area contributed by atoms with E-state index in [1.807, 2.05) is 36.4 Å². The molecule has 1 saturated heterocycles. The fourth-order valence-electron chi connectivity index (χ4n) is 3.50. The van der Waals surface area contributed by atoms with Gasteiger partial charge in [-0.15, -0.1) is 0 Å². The van der Waals surface area contributed by atoms with E-state index >= 15 is 0 Å². The molecule has 0 radical (unpaired) electrons. The average molecular weight is 508 g/mol. The van der Waals surface area contributed by atoms with Crippen molar-refractivity contribution in [1.29, 1.82) is 0 Å². The van der Waals surface area contributed by atoms with Crippen LogP contribution in [-0.2, 0) is 15.1 Å². The van der Waals surface area contributed by atoms with Gasteiger partial charge >= 0.3 is 154 Å². The number of nitrogens with zero attached hydrogens (tertiary/aromatic N) is 2. The van der Waals surface area contributed by atoms with Gasteiger partial charge in [-0.2, -0.15) is 0 Å². The summed E-state index contributed by atoms with van der Waals surface area (Å²) in [5.41, 5.74) is 1.70. The van der Waals surface area contributed by atoms with E-state index in [2.05, 4.69) is 19.7 Å². The van der Waals surface area contributed by atoms with E-state index in [0.29, 0.717) is 23.6 Å². The van der Waals surface area contributed by atoms with Crippen LogP contribution in [0.2, 0.25) is 0 Å². The molecule has 4 rings (SSSR count). The van der Waals surface area contributed by atoms with E-state index in [0.717, 1.165) is 39.1 Å². The number of halogens is 1. The van der Waals surface area contributed by atoms with Crippen molar-refractivity contribution in [2.24, 2.45) is 0 Å². The first-order chi connectivity index (χ1) is 12.2. The van der Waals surface area contributed by atoms with Gasteiger partial charge < -0.3 is 24.0 Å². The van der Waals surface area contributed by atoms with Crippen LogP contribution < -0.4 is 24.0 Å². The van der Waals surface area contributed by atoms with Crippen LogP contribution in [0.25, 0.3) is 0 Å². The van der Waals surface area contributed by atoms with Crippen LogP contribution in [-0.4, -0.2) is 42.0 Å². The zero-order valence-electron chi connectivity index (χ0n) is 14.3. The Kier molecular flexibility index (Phi) is 6.36. The third kappa shape index (κ3) is 3.97. The standard InChI is InChI=1S/C20H22N2O2.Co.HI/c23-19-11-5-1-7-15(19)13-21-17-9-3-4-10-18(17)22-14-16-8-2-6-12-20(16)24;;/h1-2,5-8,11-14,17-18,23-24H,3-4,9-10H2;;1H/q;+2;/p-1/t17-,18-;;/m1../s1. The Morgan fingerprint density at radius 2 is 1.19 bits per heavy atom. The predicted molar refractivity (Wildman–Crippen MR) is 93.1 cm³/mol. The fourth-order valence-corrected chi connectivity index (χ4v) is 5.13. The third-order valence-electron chi connectivity index (χ3n) is 4.84. The van der Waals surface area contributed by atoms with Gasteiger partial charge in [0.25, 0.3) is 0 Å². The topological polar surface area (TPSA) is 46.5 Å². The summed E-state index contributed by atoms with van der Waals surface area (Å²) < 4.78 is 4.62. The van der Waals surface area contributed by atoms with Gasteiger partial charge in [0.2, 0.25) is 0 Å². The molecule has 2 aliphatic rings. The number of phenols is 2. The molecule has 0 bridgehead atoms. The molecule has 0 amide bonds. The molecule has 2 atom stereocenters. The van der Waals surface area contributed by atoms with Gasteiger partial charge in [0.15, 0.2) is 0 Å². The second kappa shape index (κ2) is 8.54. The molecule has 26 heavy (non-hydrogen) atoms. The van der Waals surface area contributed by atoms with E-state index in [1.165, 1.54) is 12.8 Å². The Hall–Kier alpha value is -1.38. The van der Waals surface area contributed by atoms with Crippen molar-refractivity contribution in [3.05, 3.63) is 59.7 Å². The molecule has 4 nitrogen and oxygen atoms in total. The predicted octanol–water partition coefficient (Wildman–Crippen LogP) is -0.0979. The van der Waals surface area contributed by atoms with Crippen molar-refractivity contribution < 1.29 is 56.6 Å². The van der Waals surface area contributed by atoms with E-state index in [1.54, 1.807) is 12.1 Å². The summed E-state index contributed by atoms with van der Waals surface area (Å²) in [5.74, 6) is 0.625. The first kappa shape index (κ1) is 19.4. The maximum atomic E-state index is 10.1. The molecule has 6 heteroatoms. The summed E-state index contributed by atoms with van der Waals surface area (Å²) in [5, 5.41) is 20.2. The van der Waals surface area contributed by atoms with Crippen LogP contribution >= 0.6 is 0 Å². The van der Waals surface area contributed by atoms with Gasteiger partial charge in [0.05, 0.1) is 0 Å². The van der Waals surface area contributed by atoms with Crippen LogP contribution in [0.4, 0.5) is 0 Å². The van der Waals surface area contributed by atoms with Crippen LogP contribution in [0.15, 0.2) is 48.5 Å².